The molecule has 150 valence electrons. The van der Waals surface area contributed by atoms with E-state index in [1.165, 1.54) is 0 Å². The van der Waals surface area contributed by atoms with E-state index in [-0.39, 0.29) is 35.0 Å². The molecule has 26 heavy (non-hydrogen) atoms. The topological polar surface area (TPSA) is 252 Å². The third-order valence-corrected chi connectivity index (χ3v) is 3.61. The van der Waals surface area contributed by atoms with Gasteiger partial charge in [0.2, 0.25) is 0 Å². The van der Waals surface area contributed by atoms with Crippen LogP contribution in [0.1, 0.15) is 0 Å². The molecule has 1 saturated heterocycles. The Morgan fingerprint density at radius 1 is 1.08 bits per heavy atom. The summed E-state index contributed by atoms with van der Waals surface area (Å²) in [7, 11) is 0. The second-order valence-electron chi connectivity index (χ2n) is 5.30. The molecule has 10 N–H and O–H groups in total. The number of carbonyl (C=O) groups is 1. The maximum Gasteiger partial charge on any atom is 1.00 e. The Balaban J connectivity index is 0. The van der Waals surface area contributed by atoms with Gasteiger partial charge in [-0.15, -0.1) is 0 Å². The summed E-state index contributed by atoms with van der Waals surface area (Å²) in [5, 5.41) is 86.3. The Morgan fingerprint density at radius 2 is 1.62 bits per heavy atom. The Morgan fingerprint density at radius 3 is 2.04 bits per heavy atom. The van der Waals surface area contributed by atoms with Crippen molar-refractivity contribution in [3.8, 4) is 0 Å². The smallest absolute Gasteiger partial charge is 0.547 e. The minimum absolute atomic E-state index is 0. The zero-order chi connectivity index (χ0) is 18.6. The molecule has 1 fully saturated rings. The molecule has 14 heteroatoms. The third kappa shape index (κ3) is 6.57. The van der Waals surface area contributed by atoms with Crippen molar-refractivity contribution < 1.29 is 95.3 Å². The van der Waals surface area contributed by atoms with Crippen LogP contribution in [0.2, 0.25) is 0 Å². The fourth-order valence-corrected chi connectivity index (χ4v) is 2.16. The number of carboxylic acid groups (broad SMARTS) is 1. The van der Waals surface area contributed by atoms with Gasteiger partial charge in [-0.3, -0.25) is 0 Å². The Kier molecular flexibility index (Phi) is 13.6. The van der Waals surface area contributed by atoms with Crippen LogP contribution >= 0.6 is 0 Å². The average molecular weight is 398 g/mol. The predicted molar refractivity (Wildman–Crippen MR) is 72.4 cm³/mol. The molecule has 0 spiro atoms. The number of hydrogen-bond donors (Lipinski definition) is 8. The molecular formula is C12H23NaO13. The first-order valence-corrected chi connectivity index (χ1v) is 6.97. The van der Waals surface area contributed by atoms with Crippen LogP contribution in [0.25, 0.3) is 0 Å². The number of ether oxygens (including phenoxy) is 2. The van der Waals surface area contributed by atoms with Crippen molar-refractivity contribution in [2.24, 2.45) is 0 Å². The van der Waals surface area contributed by atoms with Crippen LogP contribution in [-0.4, -0.2) is 121 Å². The molecule has 0 bridgehead atoms. The van der Waals surface area contributed by atoms with Crippen molar-refractivity contribution in [1.82, 2.24) is 0 Å². The number of aliphatic hydroxyl groups is 8. The van der Waals surface area contributed by atoms with Gasteiger partial charge < -0.3 is 65.7 Å². The van der Waals surface area contributed by atoms with Gasteiger partial charge in [-0.1, -0.05) is 0 Å². The number of aliphatic carboxylic acids is 1. The number of aliphatic hydroxyl groups excluding tert-OH is 8. The minimum atomic E-state index is -2.50. The van der Waals surface area contributed by atoms with E-state index in [2.05, 4.69) is 0 Å². The molecule has 0 radical (unpaired) electrons. The molecule has 9 atom stereocenters. The van der Waals surface area contributed by atoms with Gasteiger partial charge in [0.05, 0.1) is 19.2 Å². The Labute approximate surface area is 169 Å². The van der Waals surface area contributed by atoms with Crippen molar-refractivity contribution in [3.05, 3.63) is 0 Å². The molecule has 0 aromatic rings. The van der Waals surface area contributed by atoms with E-state index in [1.807, 2.05) is 0 Å². The predicted octanol–water partition coefficient (Wildman–Crippen LogP) is -10.8. The first kappa shape index (κ1) is 28.2. The molecule has 0 aromatic heterocycles. The van der Waals surface area contributed by atoms with Crippen LogP contribution in [0.5, 0.6) is 0 Å². The van der Waals surface area contributed by atoms with Crippen LogP contribution in [0.15, 0.2) is 0 Å². The molecule has 1 heterocycles. The van der Waals surface area contributed by atoms with E-state index >= 15 is 0 Å². The molecule has 0 amide bonds. The van der Waals surface area contributed by atoms with Crippen molar-refractivity contribution in [2.45, 2.75) is 55.1 Å². The second kappa shape index (κ2) is 12.5. The quantitative estimate of drug-likeness (QED) is 0.177. The van der Waals surface area contributed by atoms with E-state index in [0.717, 1.165) is 0 Å². The summed E-state index contributed by atoms with van der Waals surface area (Å²) in [5.74, 6) is -2.09. The molecule has 0 aliphatic carbocycles. The van der Waals surface area contributed by atoms with Gasteiger partial charge in [-0.2, -0.15) is 0 Å². The molecule has 0 aromatic carbocycles. The SMILES string of the molecule is O.O=C([O-])[C@H](O)[C@@H](O)[C@H](O[C@@H]1O[C@H](CO)[C@H](O)[C@H](O)[C@H]1O)[C@H](O)CO.[Na+]. The normalized spacial score (nSPS) is 33.2. The zero-order valence-electron chi connectivity index (χ0n) is 13.8. The molecule has 0 saturated carbocycles. The largest absolute Gasteiger partial charge is 1.00 e. The fraction of sp³-hybridized carbons (Fsp3) is 0.917. The van der Waals surface area contributed by atoms with Gasteiger partial charge in [-0.05, 0) is 0 Å². The van der Waals surface area contributed by atoms with Crippen molar-refractivity contribution >= 4 is 5.97 Å². The van der Waals surface area contributed by atoms with Crippen LogP contribution in [0.4, 0.5) is 0 Å². The number of rotatable bonds is 8. The maximum absolute atomic E-state index is 10.6. The van der Waals surface area contributed by atoms with E-state index < -0.39 is 74.3 Å². The van der Waals surface area contributed by atoms with Gasteiger partial charge in [0.1, 0.15) is 48.8 Å². The summed E-state index contributed by atoms with van der Waals surface area (Å²) in [5.41, 5.74) is 0. The molecule has 0 unspecified atom stereocenters. The van der Waals surface area contributed by atoms with Crippen LogP contribution < -0.4 is 34.7 Å². The van der Waals surface area contributed by atoms with Gasteiger partial charge >= 0.3 is 29.6 Å². The number of hydrogen-bond acceptors (Lipinski definition) is 12. The minimum Gasteiger partial charge on any atom is -0.547 e. The maximum atomic E-state index is 10.6. The van der Waals surface area contributed by atoms with Crippen molar-refractivity contribution in [1.29, 1.82) is 0 Å². The third-order valence-electron chi connectivity index (χ3n) is 3.61. The van der Waals surface area contributed by atoms with E-state index in [1.54, 1.807) is 0 Å². The van der Waals surface area contributed by atoms with Crippen LogP contribution in [0, 0.1) is 0 Å². The molecule has 1 rings (SSSR count). The van der Waals surface area contributed by atoms with Gasteiger partial charge in [-0.25, -0.2) is 0 Å². The Bertz CT molecular complexity index is 411. The van der Waals surface area contributed by atoms with Gasteiger partial charge in [0.25, 0.3) is 0 Å². The van der Waals surface area contributed by atoms with Crippen molar-refractivity contribution in [3.63, 3.8) is 0 Å². The van der Waals surface area contributed by atoms with E-state index in [0.29, 0.717) is 0 Å². The van der Waals surface area contributed by atoms with Gasteiger partial charge in [0.15, 0.2) is 6.29 Å². The molecule has 1 aliphatic heterocycles. The van der Waals surface area contributed by atoms with Crippen LogP contribution in [0.3, 0.4) is 0 Å². The summed E-state index contributed by atoms with van der Waals surface area (Å²) in [6.07, 6.45) is -17.3. The second-order valence-corrected chi connectivity index (χ2v) is 5.30. The van der Waals surface area contributed by atoms with Crippen molar-refractivity contribution in [2.75, 3.05) is 13.2 Å². The summed E-state index contributed by atoms with van der Waals surface area (Å²) in [6.45, 7) is -1.79. The first-order chi connectivity index (χ1) is 11.1. The fourth-order valence-electron chi connectivity index (χ4n) is 2.16. The van der Waals surface area contributed by atoms with E-state index in [4.69, 9.17) is 19.7 Å². The van der Waals surface area contributed by atoms with Gasteiger partial charge in [0, 0.05) is 0 Å². The zero-order valence-corrected chi connectivity index (χ0v) is 15.8. The molecular weight excluding hydrogens is 375 g/mol. The number of carbonyl (C=O) groups excluding carboxylic acids is 1. The summed E-state index contributed by atoms with van der Waals surface area (Å²) in [4.78, 5) is 10.6. The molecule has 13 nitrogen and oxygen atoms in total. The monoisotopic (exact) mass is 398 g/mol. The molecule has 1 aliphatic rings. The van der Waals surface area contributed by atoms with E-state index in [9.17, 15) is 40.5 Å². The van der Waals surface area contributed by atoms with Crippen LogP contribution in [-0.2, 0) is 14.3 Å². The Hall–Kier alpha value is 0.0300. The summed E-state index contributed by atoms with van der Waals surface area (Å²) in [6, 6.07) is 0. The first-order valence-electron chi connectivity index (χ1n) is 6.97. The average Bonchev–Trinajstić information content (AvgIpc) is 2.57. The standard InChI is InChI=1S/C12H22O12.Na.H2O/c13-1-3(15)10(7(18)8(19)11(21)22)24-12-9(20)6(17)5(16)4(2-14)23-12;;/h3-10,12-20H,1-2H2,(H,21,22);;1H2/q;+1;/p-1/t3-,4-,5+,6+,7-,8-,9-,10-,12+;;/m1../s1. The number of carboxylic acids is 1. The summed E-state index contributed by atoms with van der Waals surface area (Å²) < 4.78 is 9.94. The summed E-state index contributed by atoms with van der Waals surface area (Å²) >= 11 is 0.